The Kier molecular flexibility index (Phi) is 4.00. The third-order valence-electron chi connectivity index (χ3n) is 3.40. The maximum Gasteiger partial charge on any atom is 0.125 e. The number of nitrogens with zero attached hydrogens (tertiary/aromatic N) is 2. The number of hydrogen-bond donors (Lipinski definition) is 0. The fraction of sp³-hybridized carbons (Fsp3) is 0.188. The minimum absolute atomic E-state index is 0.268. The number of aryl methyl sites for hydroxylation is 2. The SMILES string of the molecule is Cc1cc(Br)ccc1-n1c(CCCl)nc2ccc(F)cc21. The zero-order valence-corrected chi connectivity index (χ0v) is 13.7. The second kappa shape index (κ2) is 5.78. The summed E-state index contributed by atoms with van der Waals surface area (Å²) in [6, 6.07) is 10.7. The number of hydrogen-bond acceptors (Lipinski definition) is 1. The molecule has 0 aliphatic heterocycles. The lowest BCUT2D eigenvalue weighted by Crippen LogP contribution is -2.04. The van der Waals surface area contributed by atoms with Gasteiger partial charge in [0.05, 0.1) is 16.7 Å². The smallest absolute Gasteiger partial charge is 0.125 e. The van der Waals surface area contributed by atoms with Crippen molar-refractivity contribution in [1.29, 1.82) is 0 Å². The van der Waals surface area contributed by atoms with Crippen LogP contribution in [-0.4, -0.2) is 15.4 Å². The first kappa shape index (κ1) is 14.5. The third kappa shape index (κ3) is 2.70. The van der Waals surface area contributed by atoms with Gasteiger partial charge >= 0.3 is 0 Å². The largest absolute Gasteiger partial charge is 0.296 e. The molecule has 21 heavy (non-hydrogen) atoms. The highest BCUT2D eigenvalue weighted by atomic mass is 79.9. The maximum atomic E-state index is 13.6. The van der Waals surface area contributed by atoms with Crippen molar-refractivity contribution in [3.8, 4) is 5.69 Å². The van der Waals surface area contributed by atoms with E-state index >= 15 is 0 Å². The Labute approximate surface area is 135 Å². The normalized spacial score (nSPS) is 11.2. The molecule has 0 bridgehead atoms. The molecule has 0 amide bonds. The second-order valence-electron chi connectivity index (χ2n) is 4.87. The predicted octanol–water partition coefficient (Wildman–Crippen LogP) is 5.02. The first-order valence-corrected chi connectivity index (χ1v) is 7.92. The molecule has 0 spiro atoms. The van der Waals surface area contributed by atoms with Crippen molar-refractivity contribution in [3.63, 3.8) is 0 Å². The highest BCUT2D eigenvalue weighted by Gasteiger charge is 2.14. The lowest BCUT2D eigenvalue weighted by atomic mass is 10.2. The summed E-state index contributed by atoms with van der Waals surface area (Å²) in [5, 5.41) is 0. The van der Waals surface area contributed by atoms with E-state index < -0.39 is 0 Å². The minimum Gasteiger partial charge on any atom is -0.296 e. The van der Waals surface area contributed by atoms with Crippen molar-refractivity contribution in [2.24, 2.45) is 0 Å². The van der Waals surface area contributed by atoms with E-state index in [1.165, 1.54) is 12.1 Å². The van der Waals surface area contributed by atoms with Gasteiger partial charge in [-0.15, -0.1) is 11.6 Å². The molecule has 0 saturated carbocycles. The van der Waals surface area contributed by atoms with Gasteiger partial charge < -0.3 is 0 Å². The van der Waals surface area contributed by atoms with Crippen LogP contribution in [0.4, 0.5) is 4.39 Å². The first-order valence-electron chi connectivity index (χ1n) is 6.59. The number of fused-ring (bicyclic) bond motifs is 1. The van der Waals surface area contributed by atoms with Crippen LogP contribution in [0.2, 0.25) is 0 Å². The molecule has 5 heteroatoms. The van der Waals surface area contributed by atoms with Gasteiger partial charge in [-0.25, -0.2) is 9.37 Å². The third-order valence-corrected chi connectivity index (χ3v) is 4.09. The van der Waals surface area contributed by atoms with Gasteiger partial charge in [-0.3, -0.25) is 4.57 Å². The van der Waals surface area contributed by atoms with Crippen LogP contribution < -0.4 is 0 Å². The summed E-state index contributed by atoms with van der Waals surface area (Å²) < 4.78 is 16.6. The monoisotopic (exact) mass is 366 g/mol. The molecule has 0 N–H and O–H groups in total. The van der Waals surface area contributed by atoms with Crippen LogP contribution in [0.15, 0.2) is 40.9 Å². The van der Waals surface area contributed by atoms with Gasteiger partial charge in [-0.1, -0.05) is 15.9 Å². The number of halogens is 3. The summed E-state index contributed by atoms with van der Waals surface area (Å²) in [5.41, 5.74) is 3.62. The summed E-state index contributed by atoms with van der Waals surface area (Å²) in [6.07, 6.45) is 0.632. The second-order valence-corrected chi connectivity index (χ2v) is 6.16. The number of imidazole rings is 1. The fourth-order valence-electron chi connectivity index (χ4n) is 2.49. The highest BCUT2D eigenvalue weighted by Crippen LogP contribution is 2.26. The topological polar surface area (TPSA) is 17.8 Å². The Morgan fingerprint density at radius 2 is 2.05 bits per heavy atom. The van der Waals surface area contributed by atoms with E-state index in [1.807, 2.05) is 29.7 Å². The van der Waals surface area contributed by atoms with Gasteiger partial charge in [0.25, 0.3) is 0 Å². The zero-order chi connectivity index (χ0) is 15.0. The van der Waals surface area contributed by atoms with E-state index in [9.17, 15) is 4.39 Å². The number of aromatic nitrogens is 2. The van der Waals surface area contributed by atoms with E-state index in [0.29, 0.717) is 12.3 Å². The van der Waals surface area contributed by atoms with Crippen molar-refractivity contribution >= 4 is 38.6 Å². The van der Waals surface area contributed by atoms with Crippen molar-refractivity contribution in [2.75, 3.05) is 5.88 Å². The molecule has 3 rings (SSSR count). The van der Waals surface area contributed by atoms with Gasteiger partial charge in [0, 0.05) is 22.8 Å². The standard InChI is InChI=1S/C16H13BrClFN2/c1-10-8-11(17)2-5-14(10)21-15-9-12(19)3-4-13(15)20-16(21)6-7-18/h2-5,8-9H,6-7H2,1H3. The average Bonchev–Trinajstić information content (AvgIpc) is 2.77. The quantitative estimate of drug-likeness (QED) is 0.595. The van der Waals surface area contributed by atoms with Crippen LogP contribution in [0.5, 0.6) is 0 Å². The van der Waals surface area contributed by atoms with Gasteiger partial charge in [-0.2, -0.15) is 0 Å². The van der Waals surface area contributed by atoms with Crippen LogP contribution in [0.25, 0.3) is 16.7 Å². The summed E-state index contributed by atoms with van der Waals surface area (Å²) in [5.74, 6) is 1.05. The molecule has 1 aromatic heterocycles. The number of alkyl halides is 1. The molecule has 0 aliphatic rings. The van der Waals surface area contributed by atoms with Crippen LogP contribution in [0.1, 0.15) is 11.4 Å². The molecule has 0 fully saturated rings. The molecule has 1 heterocycles. The zero-order valence-electron chi connectivity index (χ0n) is 11.4. The lowest BCUT2D eigenvalue weighted by molar-refractivity contribution is 0.629. The van der Waals surface area contributed by atoms with Crippen LogP contribution in [0.3, 0.4) is 0 Å². The van der Waals surface area contributed by atoms with Crippen LogP contribution >= 0.6 is 27.5 Å². The molecule has 3 aromatic rings. The van der Waals surface area contributed by atoms with E-state index in [4.69, 9.17) is 11.6 Å². The first-order chi connectivity index (χ1) is 10.1. The molecule has 2 nitrogen and oxygen atoms in total. The Bertz CT molecular complexity index is 813. The Balaban J connectivity index is 2.32. The summed E-state index contributed by atoms with van der Waals surface area (Å²) >= 11 is 9.35. The van der Waals surface area contributed by atoms with Gasteiger partial charge in [0.15, 0.2) is 0 Å². The Morgan fingerprint density at radius 3 is 2.76 bits per heavy atom. The molecule has 0 radical (unpaired) electrons. The van der Waals surface area contributed by atoms with Gasteiger partial charge in [0.1, 0.15) is 11.6 Å². The fourth-order valence-corrected chi connectivity index (χ4v) is 3.13. The summed E-state index contributed by atoms with van der Waals surface area (Å²) in [6.45, 7) is 2.02. The lowest BCUT2D eigenvalue weighted by Gasteiger charge is -2.12. The van der Waals surface area contributed by atoms with Crippen LogP contribution in [-0.2, 0) is 6.42 Å². The molecular formula is C16H13BrClFN2. The van der Waals surface area contributed by atoms with E-state index in [2.05, 4.69) is 20.9 Å². The molecule has 2 aromatic carbocycles. The van der Waals surface area contributed by atoms with Crippen LogP contribution in [0, 0.1) is 12.7 Å². The molecule has 0 saturated heterocycles. The Morgan fingerprint density at radius 1 is 1.24 bits per heavy atom. The summed E-state index contributed by atoms with van der Waals surface area (Å²) in [4.78, 5) is 4.58. The van der Waals surface area contributed by atoms with Crippen molar-refractivity contribution in [3.05, 3.63) is 58.1 Å². The predicted molar refractivity (Wildman–Crippen MR) is 87.9 cm³/mol. The van der Waals surface area contributed by atoms with E-state index in [1.54, 1.807) is 6.07 Å². The van der Waals surface area contributed by atoms with Crippen molar-refractivity contribution in [1.82, 2.24) is 9.55 Å². The van der Waals surface area contributed by atoms with Crippen molar-refractivity contribution < 1.29 is 4.39 Å². The highest BCUT2D eigenvalue weighted by molar-refractivity contribution is 9.10. The molecular weight excluding hydrogens is 355 g/mol. The molecule has 0 aliphatic carbocycles. The van der Waals surface area contributed by atoms with E-state index in [-0.39, 0.29) is 5.82 Å². The van der Waals surface area contributed by atoms with E-state index in [0.717, 1.165) is 32.6 Å². The maximum absolute atomic E-state index is 13.6. The minimum atomic E-state index is -0.268. The van der Waals surface area contributed by atoms with Gasteiger partial charge in [0.2, 0.25) is 0 Å². The number of rotatable bonds is 3. The molecule has 0 atom stereocenters. The average molecular weight is 368 g/mol. The van der Waals surface area contributed by atoms with Crippen molar-refractivity contribution in [2.45, 2.75) is 13.3 Å². The Hall–Kier alpha value is -1.39. The molecule has 0 unspecified atom stereocenters. The molecule has 108 valence electrons. The van der Waals surface area contributed by atoms with Gasteiger partial charge in [-0.05, 0) is 42.8 Å². The number of benzene rings is 2. The summed E-state index contributed by atoms with van der Waals surface area (Å²) in [7, 11) is 0.